The molecule has 0 saturated heterocycles. The number of amides is 1. The Morgan fingerprint density at radius 3 is 2.69 bits per heavy atom. The van der Waals surface area contributed by atoms with Crippen LogP contribution in [0.5, 0.6) is 11.5 Å². The van der Waals surface area contributed by atoms with Crippen LogP contribution in [0.1, 0.15) is 22.8 Å². The lowest BCUT2D eigenvalue weighted by Crippen LogP contribution is -2.35. The summed E-state index contributed by atoms with van der Waals surface area (Å²) in [5.41, 5.74) is 0.980. The number of ether oxygens (including phenoxy) is 3. The van der Waals surface area contributed by atoms with Crippen molar-refractivity contribution >= 4 is 35.1 Å². The van der Waals surface area contributed by atoms with Crippen LogP contribution in [0, 0.1) is 0 Å². The van der Waals surface area contributed by atoms with Crippen LogP contribution in [-0.2, 0) is 16.1 Å². The van der Waals surface area contributed by atoms with Crippen molar-refractivity contribution in [3.05, 3.63) is 57.6 Å². The Balaban J connectivity index is 1.55. The number of carbonyl (C=O) groups is 2. The first kappa shape index (κ1) is 18.4. The first-order valence-corrected chi connectivity index (χ1v) is 8.52. The number of halogens is 2. The van der Waals surface area contributed by atoms with E-state index in [1.54, 1.807) is 12.1 Å². The summed E-state index contributed by atoms with van der Waals surface area (Å²) < 4.78 is 15.7. The number of rotatable bonds is 5. The van der Waals surface area contributed by atoms with Gasteiger partial charge in [-0.05, 0) is 42.8 Å². The Kier molecular flexibility index (Phi) is 5.54. The molecule has 1 atom stereocenters. The highest BCUT2D eigenvalue weighted by molar-refractivity contribution is 6.36. The average molecular weight is 396 g/mol. The summed E-state index contributed by atoms with van der Waals surface area (Å²) in [4.78, 5) is 24.3. The number of esters is 1. The number of carbonyl (C=O) groups excluding carboxylic acids is 2. The number of nitrogens with one attached hydrogen (secondary N) is 1. The van der Waals surface area contributed by atoms with Crippen LogP contribution in [0.15, 0.2) is 36.4 Å². The Morgan fingerprint density at radius 1 is 1.15 bits per heavy atom. The molecule has 8 heteroatoms. The molecule has 1 heterocycles. The second-order valence-corrected chi connectivity index (χ2v) is 6.42. The average Bonchev–Trinajstić information content (AvgIpc) is 3.07. The Morgan fingerprint density at radius 2 is 1.92 bits per heavy atom. The van der Waals surface area contributed by atoms with Gasteiger partial charge in [0.05, 0.1) is 10.6 Å². The normalized spacial score (nSPS) is 13.2. The minimum absolute atomic E-state index is 0.145. The Labute approximate surface area is 159 Å². The van der Waals surface area contributed by atoms with Gasteiger partial charge < -0.3 is 19.5 Å². The van der Waals surface area contributed by atoms with Gasteiger partial charge >= 0.3 is 5.97 Å². The van der Waals surface area contributed by atoms with E-state index in [1.165, 1.54) is 25.1 Å². The molecule has 136 valence electrons. The first-order chi connectivity index (χ1) is 12.4. The fraction of sp³-hybridized carbons (Fsp3) is 0.222. The summed E-state index contributed by atoms with van der Waals surface area (Å²) in [7, 11) is 0. The number of hydrogen-bond donors (Lipinski definition) is 1. The summed E-state index contributed by atoms with van der Waals surface area (Å²) in [5, 5.41) is 3.27. The van der Waals surface area contributed by atoms with Gasteiger partial charge in [-0.3, -0.25) is 4.79 Å². The van der Waals surface area contributed by atoms with E-state index in [2.05, 4.69) is 5.32 Å². The smallest absolute Gasteiger partial charge is 0.340 e. The third kappa shape index (κ3) is 4.20. The fourth-order valence-corrected chi connectivity index (χ4v) is 2.80. The summed E-state index contributed by atoms with van der Waals surface area (Å²) >= 11 is 11.8. The van der Waals surface area contributed by atoms with Crippen LogP contribution in [0.25, 0.3) is 0 Å². The maximum atomic E-state index is 12.2. The molecule has 0 radical (unpaired) electrons. The molecule has 0 aliphatic carbocycles. The van der Waals surface area contributed by atoms with Crippen LogP contribution in [0.3, 0.4) is 0 Å². The molecule has 0 unspecified atom stereocenters. The van der Waals surface area contributed by atoms with Gasteiger partial charge in [0.25, 0.3) is 5.91 Å². The molecule has 26 heavy (non-hydrogen) atoms. The van der Waals surface area contributed by atoms with Gasteiger partial charge in [-0.15, -0.1) is 0 Å². The zero-order chi connectivity index (χ0) is 18.7. The van der Waals surface area contributed by atoms with Crippen molar-refractivity contribution in [1.29, 1.82) is 0 Å². The molecule has 1 amide bonds. The predicted molar refractivity (Wildman–Crippen MR) is 95.8 cm³/mol. The van der Waals surface area contributed by atoms with E-state index in [0.717, 1.165) is 5.56 Å². The third-order valence-electron chi connectivity index (χ3n) is 3.71. The molecule has 0 bridgehead atoms. The highest BCUT2D eigenvalue weighted by Crippen LogP contribution is 2.32. The fourth-order valence-electron chi connectivity index (χ4n) is 2.32. The zero-order valence-electron chi connectivity index (χ0n) is 13.8. The van der Waals surface area contributed by atoms with Crippen molar-refractivity contribution in [1.82, 2.24) is 5.32 Å². The summed E-state index contributed by atoms with van der Waals surface area (Å²) in [6.45, 7) is 1.93. The minimum atomic E-state index is -0.983. The molecule has 0 fully saturated rings. The monoisotopic (exact) mass is 395 g/mol. The molecule has 1 aliphatic rings. The lowest BCUT2D eigenvalue weighted by Gasteiger charge is -2.14. The van der Waals surface area contributed by atoms with Crippen LogP contribution < -0.4 is 14.8 Å². The molecule has 0 spiro atoms. The van der Waals surface area contributed by atoms with Gasteiger partial charge in [-0.1, -0.05) is 29.3 Å². The molecule has 1 aliphatic heterocycles. The largest absolute Gasteiger partial charge is 0.454 e. The van der Waals surface area contributed by atoms with E-state index in [4.69, 9.17) is 37.4 Å². The predicted octanol–water partition coefficient (Wildman–Crippen LogP) is 3.58. The van der Waals surface area contributed by atoms with Gasteiger partial charge in [-0.2, -0.15) is 0 Å². The standard InChI is InChI=1S/C18H15Cl2NO5/c1-10(26-18(23)13-4-3-12(19)7-14(13)20)17(22)21-8-11-2-5-15-16(6-11)25-9-24-15/h2-7,10H,8-9H2,1H3,(H,21,22)/t10-/m0/s1. The van der Waals surface area contributed by atoms with Crippen molar-refractivity contribution in [2.24, 2.45) is 0 Å². The maximum absolute atomic E-state index is 12.2. The van der Waals surface area contributed by atoms with Gasteiger partial charge in [0.1, 0.15) is 0 Å². The molecule has 2 aromatic carbocycles. The number of hydrogen-bond acceptors (Lipinski definition) is 5. The summed E-state index contributed by atoms with van der Waals surface area (Å²) in [6.07, 6.45) is -0.983. The van der Waals surface area contributed by atoms with Crippen LogP contribution >= 0.6 is 23.2 Å². The van der Waals surface area contributed by atoms with E-state index >= 15 is 0 Å². The minimum Gasteiger partial charge on any atom is -0.454 e. The lowest BCUT2D eigenvalue weighted by molar-refractivity contribution is -0.129. The summed E-state index contributed by atoms with van der Waals surface area (Å²) in [6, 6.07) is 9.78. The summed E-state index contributed by atoms with van der Waals surface area (Å²) in [5.74, 6) is 0.175. The topological polar surface area (TPSA) is 73.9 Å². The van der Waals surface area contributed by atoms with E-state index in [1.807, 2.05) is 6.07 Å². The SMILES string of the molecule is C[C@H](OC(=O)c1ccc(Cl)cc1Cl)C(=O)NCc1ccc2c(c1)OCO2. The van der Waals surface area contributed by atoms with E-state index in [-0.39, 0.29) is 23.9 Å². The van der Waals surface area contributed by atoms with E-state index < -0.39 is 18.0 Å². The van der Waals surface area contributed by atoms with Gasteiger partial charge in [0, 0.05) is 11.6 Å². The van der Waals surface area contributed by atoms with Crippen molar-refractivity contribution in [2.75, 3.05) is 6.79 Å². The molecule has 1 N–H and O–H groups in total. The number of benzene rings is 2. The number of fused-ring (bicyclic) bond motifs is 1. The van der Waals surface area contributed by atoms with Crippen molar-refractivity contribution in [3.63, 3.8) is 0 Å². The van der Waals surface area contributed by atoms with Crippen LogP contribution in [0.4, 0.5) is 0 Å². The van der Waals surface area contributed by atoms with Crippen molar-refractivity contribution in [2.45, 2.75) is 19.6 Å². The van der Waals surface area contributed by atoms with Gasteiger partial charge in [0.2, 0.25) is 6.79 Å². The highest BCUT2D eigenvalue weighted by atomic mass is 35.5. The van der Waals surface area contributed by atoms with E-state index in [0.29, 0.717) is 16.5 Å². The highest BCUT2D eigenvalue weighted by Gasteiger charge is 2.21. The molecule has 3 rings (SSSR count). The van der Waals surface area contributed by atoms with Gasteiger partial charge in [0.15, 0.2) is 17.6 Å². The Hall–Kier alpha value is -2.44. The van der Waals surface area contributed by atoms with Crippen LogP contribution in [0.2, 0.25) is 10.0 Å². The van der Waals surface area contributed by atoms with Crippen LogP contribution in [-0.4, -0.2) is 24.8 Å². The zero-order valence-corrected chi connectivity index (χ0v) is 15.3. The molecule has 2 aromatic rings. The molecule has 0 aromatic heterocycles. The van der Waals surface area contributed by atoms with Crippen molar-refractivity contribution < 1.29 is 23.8 Å². The van der Waals surface area contributed by atoms with E-state index in [9.17, 15) is 9.59 Å². The van der Waals surface area contributed by atoms with Crippen molar-refractivity contribution in [3.8, 4) is 11.5 Å². The molecular weight excluding hydrogens is 381 g/mol. The molecule has 0 saturated carbocycles. The Bertz CT molecular complexity index is 855. The maximum Gasteiger partial charge on any atom is 0.340 e. The first-order valence-electron chi connectivity index (χ1n) is 7.76. The molecule has 6 nitrogen and oxygen atoms in total. The van der Waals surface area contributed by atoms with Gasteiger partial charge in [-0.25, -0.2) is 4.79 Å². The second-order valence-electron chi connectivity index (χ2n) is 5.58. The lowest BCUT2D eigenvalue weighted by atomic mass is 10.2. The molecular formula is C18H15Cl2NO5. The quantitative estimate of drug-likeness (QED) is 0.783. The second kappa shape index (κ2) is 7.85. The third-order valence-corrected chi connectivity index (χ3v) is 4.26.